The minimum absolute atomic E-state index is 0.0198. The minimum atomic E-state index is -2.86. The fourth-order valence-electron chi connectivity index (χ4n) is 3.25. The highest BCUT2D eigenvalue weighted by atomic mass is 35.5. The molecule has 0 radical (unpaired) electrons. The Balaban J connectivity index is 1.52. The number of benzene rings is 1. The molecule has 3 rings (SSSR count). The van der Waals surface area contributed by atoms with Gasteiger partial charge in [-0.05, 0) is 30.2 Å². The molecule has 5 nitrogen and oxygen atoms in total. The molecular formula is C17H21ClN2O3S. The van der Waals surface area contributed by atoms with E-state index >= 15 is 0 Å². The van der Waals surface area contributed by atoms with Crippen LogP contribution in [0.5, 0.6) is 0 Å². The fraction of sp³-hybridized carbons (Fsp3) is 0.471. The van der Waals surface area contributed by atoms with Gasteiger partial charge in [-0.1, -0.05) is 23.7 Å². The van der Waals surface area contributed by atoms with Gasteiger partial charge in [0.15, 0.2) is 9.84 Å². The lowest BCUT2D eigenvalue weighted by atomic mass is 10.2. The minimum Gasteiger partial charge on any atom is -0.337 e. The van der Waals surface area contributed by atoms with Crippen molar-refractivity contribution in [3.63, 3.8) is 0 Å². The molecule has 2 heterocycles. The first-order chi connectivity index (χ1) is 11.4. The Kier molecular flexibility index (Phi) is 5.27. The molecule has 2 saturated heterocycles. The lowest BCUT2D eigenvalue weighted by Crippen LogP contribution is -2.52. The average molecular weight is 369 g/mol. The lowest BCUT2D eigenvalue weighted by molar-refractivity contribution is -0.127. The van der Waals surface area contributed by atoms with Crippen molar-refractivity contribution in [2.45, 2.75) is 12.5 Å². The predicted octanol–water partition coefficient (Wildman–Crippen LogP) is 1.68. The van der Waals surface area contributed by atoms with Crippen LogP contribution >= 0.6 is 11.6 Å². The van der Waals surface area contributed by atoms with E-state index in [1.54, 1.807) is 23.1 Å². The van der Waals surface area contributed by atoms with Crippen molar-refractivity contribution in [2.75, 3.05) is 37.7 Å². The van der Waals surface area contributed by atoms with Gasteiger partial charge in [0, 0.05) is 43.3 Å². The number of hydrogen-bond acceptors (Lipinski definition) is 4. The second kappa shape index (κ2) is 7.25. The van der Waals surface area contributed by atoms with Gasteiger partial charge in [-0.25, -0.2) is 8.42 Å². The number of carbonyl (C=O) groups excluding carboxylic acids is 1. The normalized spacial score (nSPS) is 24.5. The monoisotopic (exact) mass is 368 g/mol. The molecule has 2 fully saturated rings. The summed E-state index contributed by atoms with van der Waals surface area (Å²) in [5.41, 5.74) is 0.894. The molecule has 1 unspecified atom stereocenters. The molecule has 7 heteroatoms. The Bertz CT molecular complexity index is 740. The summed E-state index contributed by atoms with van der Waals surface area (Å²) < 4.78 is 23.2. The fourth-order valence-corrected chi connectivity index (χ4v) is 5.21. The van der Waals surface area contributed by atoms with Crippen LogP contribution in [0.1, 0.15) is 12.0 Å². The molecule has 24 heavy (non-hydrogen) atoms. The van der Waals surface area contributed by atoms with Crippen LogP contribution in [-0.4, -0.2) is 67.9 Å². The first-order valence-corrected chi connectivity index (χ1v) is 10.3. The Morgan fingerprint density at radius 2 is 1.96 bits per heavy atom. The summed E-state index contributed by atoms with van der Waals surface area (Å²) in [6.45, 7) is 2.73. The maximum atomic E-state index is 12.3. The summed E-state index contributed by atoms with van der Waals surface area (Å²) in [5.74, 6) is 0.531. The second-order valence-corrected chi connectivity index (χ2v) is 8.97. The molecule has 0 spiro atoms. The zero-order valence-corrected chi connectivity index (χ0v) is 15.0. The molecule has 2 aliphatic rings. The van der Waals surface area contributed by atoms with E-state index in [-0.39, 0.29) is 17.7 Å². The van der Waals surface area contributed by atoms with Crippen molar-refractivity contribution >= 4 is 33.4 Å². The number of carbonyl (C=O) groups is 1. The van der Waals surface area contributed by atoms with Crippen LogP contribution in [0.25, 0.3) is 6.08 Å². The van der Waals surface area contributed by atoms with E-state index < -0.39 is 9.84 Å². The summed E-state index contributed by atoms with van der Waals surface area (Å²) >= 11 is 5.93. The van der Waals surface area contributed by atoms with Gasteiger partial charge in [-0.2, -0.15) is 0 Å². The Hall–Kier alpha value is -1.37. The van der Waals surface area contributed by atoms with Crippen LogP contribution < -0.4 is 0 Å². The van der Waals surface area contributed by atoms with Crippen molar-refractivity contribution in [1.29, 1.82) is 0 Å². The SMILES string of the molecule is O=C(/C=C/c1cccc(Cl)c1)N1CCN(C2CCS(=O)(=O)C2)CC1. The number of halogens is 1. The summed E-state index contributed by atoms with van der Waals surface area (Å²) in [6, 6.07) is 7.47. The number of hydrogen-bond donors (Lipinski definition) is 0. The van der Waals surface area contributed by atoms with Crippen LogP contribution in [-0.2, 0) is 14.6 Å². The van der Waals surface area contributed by atoms with E-state index in [4.69, 9.17) is 11.6 Å². The molecule has 0 bridgehead atoms. The first kappa shape index (κ1) is 17.5. The van der Waals surface area contributed by atoms with Crippen molar-refractivity contribution < 1.29 is 13.2 Å². The van der Waals surface area contributed by atoms with Gasteiger partial charge in [0.05, 0.1) is 11.5 Å². The van der Waals surface area contributed by atoms with Crippen molar-refractivity contribution in [2.24, 2.45) is 0 Å². The number of rotatable bonds is 3. The van der Waals surface area contributed by atoms with Gasteiger partial charge < -0.3 is 4.90 Å². The van der Waals surface area contributed by atoms with E-state index in [1.807, 2.05) is 18.2 Å². The van der Waals surface area contributed by atoms with Crippen molar-refractivity contribution in [3.8, 4) is 0 Å². The number of piperazine rings is 1. The third kappa shape index (κ3) is 4.37. The van der Waals surface area contributed by atoms with Gasteiger partial charge in [0.2, 0.25) is 5.91 Å². The molecule has 1 aromatic carbocycles. The van der Waals surface area contributed by atoms with Gasteiger partial charge in [0.25, 0.3) is 0 Å². The molecule has 0 aliphatic carbocycles. The van der Waals surface area contributed by atoms with Crippen LogP contribution in [0.4, 0.5) is 0 Å². The Morgan fingerprint density at radius 1 is 1.21 bits per heavy atom. The highest BCUT2D eigenvalue weighted by Crippen LogP contribution is 2.19. The maximum Gasteiger partial charge on any atom is 0.246 e. The predicted molar refractivity (Wildman–Crippen MR) is 95.7 cm³/mol. The summed E-state index contributed by atoms with van der Waals surface area (Å²) in [4.78, 5) is 16.3. The van der Waals surface area contributed by atoms with Crippen molar-refractivity contribution in [1.82, 2.24) is 9.80 Å². The van der Waals surface area contributed by atoms with E-state index in [9.17, 15) is 13.2 Å². The van der Waals surface area contributed by atoms with E-state index in [0.29, 0.717) is 30.3 Å². The zero-order chi connectivity index (χ0) is 17.2. The maximum absolute atomic E-state index is 12.3. The van der Waals surface area contributed by atoms with Gasteiger partial charge >= 0.3 is 0 Å². The highest BCUT2D eigenvalue weighted by Gasteiger charge is 2.34. The number of nitrogens with zero attached hydrogens (tertiary/aromatic N) is 2. The summed E-state index contributed by atoms with van der Waals surface area (Å²) in [7, 11) is -2.86. The number of amides is 1. The van der Waals surface area contributed by atoms with Crippen LogP contribution in [0.15, 0.2) is 30.3 Å². The molecule has 1 amide bonds. The summed E-state index contributed by atoms with van der Waals surface area (Å²) in [6.07, 6.45) is 4.05. The van der Waals surface area contributed by atoms with Crippen LogP contribution in [0, 0.1) is 0 Å². The first-order valence-electron chi connectivity index (χ1n) is 8.10. The average Bonchev–Trinajstić information content (AvgIpc) is 2.93. The largest absolute Gasteiger partial charge is 0.337 e. The highest BCUT2D eigenvalue weighted by molar-refractivity contribution is 7.91. The van der Waals surface area contributed by atoms with E-state index in [0.717, 1.165) is 18.7 Å². The molecule has 2 aliphatic heterocycles. The Labute approximate surface area is 147 Å². The van der Waals surface area contributed by atoms with E-state index in [2.05, 4.69) is 4.90 Å². The van der Waals surface area contributed by atoms with Crippen molar-refractivity contribution in [3.05, 3.63) is 40.9 Å². The molecule has 0 saturated carbocycles. The van der Waals surface area contributed by atoms with Gasteiger partial charge in [0.1, 0.15) is 0 Å². The topological polar surface area (TPSA) is 57.7 Å². The molecule has 0 N–H and O–H groups in total. The summed E-state index contributed by atoms with van der Waals surface area (Å²) in [5, 5.41) is 0.643. The zero-order valence-electron chi connectivity index (χ0n) is 13.4. The Morgan fingerprint density at radius 3 is 2.58 bits per heavy atom. The molecule has 0 aromatic heterocycles. The van der Waals surface area contributed by atoms with Crippen LogP contribution in [0.3, 0.4) is 0 Å². The molecular weight excluding hydrogens is 348 g/mol. The van der Waals surface area contributed by atoms with Gasteiger partial charge in [-0.15, -0.1) is 0 Å². The quantitative estimate of drug-likeness (QED) is 0.762. The molecule has 130 valence electrons. The van der Waals surface area contributed by atoms with E-state index in [1.165, 1.54) is 0 Å². The molecule has 1 aromatic rings. The third-order valence-electron chi connectivity index (χ3n) is 4.62. The molecule has 1 atom stereocenters. The second-order valence-electron chi connectivity index (χ2n) is 6.31. The standard InChI is InChI=1S/C17H21ClN2O3S/c18-15-3-1-2-14(12-15)4-5-17(21)20-9-7-19(8-10-20)16-6-11-24(22,23)13-16/h1-5,12,16H,6-11,13H2/b5-4+. The van der Waals surface area contributed by atoms with Crippen LogP contribution in [0.2, 0.25) is 5.02 Å². The lowest BCUT2D eigenvalue weighted by Gasteiger charge is -2.37. The smallest absolute Gasteiger partial charge is 0.246 e. The third-order valence-corrected chi connectivity index (χ3v) is 6.60. The van der Waals surface area contributed by atoms with Gasteiger partial charge in [-0.3, -0.25) is 9.69 Å². The number of sulfone groups is 1.